The Hall–Kier alpha value is -1.85. The van der Waals surface area contributed by atoms with E-state index in [1.807, 2.05) is 12.1 Å². The summed E-state index contributed by atoms with van der Waals surface area (Å²) in [7, 11) is 1.69. The maximum Gasteiger partial charge on any atom is 0.224 e. The molecule has 2 heterocycles. The Morgan fingerprint density at radius 2 is 2.23 bits per heavy atom. The molecule has 1 fully saturated rings. The van der Waals surface area contributed by atoms with E-state index < -0.39 is 0 Å². The zero-order valence-corrected chi connectivity index (χ0v) is 13.1. The number of hydrogen-bond donors (Lipinski definition) is 2. The lowest BCUT2D eigenvalue weighted by Gasteiger charge is -2.18. The van der Waals surface area contributed by atoms with E-state index in [2.05, 4.69) is 40.5 Å². The van der Waals surface area contributed by atoms with Crippen molar-refractivity contribution in [2.24, 2.45) is 0 Å². The van der Waals surface area contributed by atoms with E-state index in [1.54, 1.807) is 7.11 Å². The van der Waals surface area contributed by atoms with E-state index in [0.29, 0.717) is 6.42 Å². The van der Waals surface area contributed by atoms with Gasteiger partial charge >= 0.3 is 0 Å². The van der Waals surface area contributed by atoms with Crippen LogP contribution in [0.1, 0.15) is 12.5 Å². The quantitative estimate of drug-likeness (QED) is 0.875. The summed E-state index contributed by atoms with van der Waals surface area (Å²) >= 11 is 0. The number of ether oxygens (including phenoxy) is 1. The molecule has 118 valence electrons. The number of rotatable bonds is 5. The average molecular weight is 301 g/mol. The minimum Gasteiger partial charge on any atom is -0.378 e. The van der Waals surface area contributed by atoms with Crippen LogP contribution >= 0.6 is 0 Å². The molecule has 1 aromatic carbocycles. The maximum absolute atomic E-state index is 12.4. The van der Waals surface area contributed by atoms with Gasteiger partial charge in [-0.3, -0.25) is 4.79 Å². The zero-order chi connectivity index (χ0) is 15.5. The van der Waals surface area contributed by atoms with Gasteiger partial charge in [-0.15, -0.1) is 0 Å². The number of nitrogens with one attached hydrogen (secondary N) is 2. The van der Waals surface area contributed by atoms with Crippen molar-refractivity contribution in [3.05, 3.63) is 36.0 Å². The monoisotopic (exact) mass is 301 g/mol. The van der Waals surface area contributed by atoms with Gasteiger partial charge in [0.15, 0.2) is 0 Å². The van der Waals surface area contributed by atoms with Crippen LogP contribution in [0.3, 0.4) is 0 Å². The summed E-state index contributed by atoms with van der Waals surface area (Å²) in [5.41, 5.74) is 2.26. The summed E-state index contributed by atoms with van der Waals surface area (Å²) in [4.78, 5) is 12.4. The Kier molecular flexibility index (Phi) is 4.45. The summed E-state index contributed by atoms with van der Waals surface area (Å²) < 4.78 is 7.57. The normalized spacial score (nSPS) is 21.4. The first kappa shape index (κ1) is 15.1. The molecule has 1 aliphatic heterocycles. The second-order valence-corrected chi connectivity index (χ2v) is 5.74. The number of carbonyl (C=O) groups is 1. The molecule has 5 nitrogen and oxygen atoms in total. The van der Waals surface area contributed by atoms with Crippen LogP contribution in [0.2, 0.25) is 0 Å². The lowest BCUT2D eigenvalue weighted by atomic mass is 10.1. The lowest BCUT2D eigenvalue weighted by molar-refractivity contribution is -0.121. The van der Waals surface area contributed by atoms with Gasteiger partial charge in [0.25, 0.3) is 0 Å². The van der Waals surface area contributed by atoms with Gasteiger partial charge in [0.1, 0.15) is 0 Å². The fraction of sp³-hybridized carbons (Fsp3) is 0.471. The van der Waals surface area contributed by atoms with Gasteiger partial charge in [-0.1, -0.05) is 18.2 Å². The Morgan fingerprint density at radius 1 is 1.41 bits per heavy atom. The molecule has 0 bridgehead atoms. The molecule has 2 aromatic rings. The smallest absolute Gasteiger partial charge is 0.224 e. The van der Waals surface area contributed by atoms with Crippen LogP contribution in [0.15, 0.2) is 30.5 Å². The van der Waals surface area contributed by atoms with Gasteiger partial charge < -0.3 is 19.9 Å². The lowest BCUT2D eigenvalue weighted by Crippen LogP contribution is -2.44. The molecular formula is C17H23N3O2. The van der Waals surface area contributed by atoms with E-state index in [0.717, 1.165) is 30.6 Å². The highest BCUT2D eigenvalue weighted by molar-refractivity contribution is 5.89. The highest BCUT2D eigenvalue weighted by Crippen LogP contribution is 2.21. The zero-order valence-electron chi connectivity index (χ0n) is 13.1. The van der Waals surface area contributed by atoms with Gasteiger partial charge in [0.2, 0.25) is 5.91 Å². The highest BCUT2D eigenvalue weighted by Gasteiger charge is 2.28. The van der Waals surface area contributed by atoms with Crippen molar-refractivity contribution in [3.63, 3.8) is 0 Å². The second-order valence-electron chi connectivity index (χ2n) is 5.74. The van der Waals surface area contributed by atoms with Crippen LogP contribution in [0.4, 0.5) is 0 Å². The third-order valence-electron chi connectivity index (χ3n) is 4.37. The van der Waals surface area contributed by atoms with Crippen molar-refractivity contribution in [2.75, 3.05) is 20.2 Å². The first-order valence-electron chi connectivity index (χ1n) is 7.82. The summed E-state index contributed by atoms with van der Waals surface area (Å²) in [6.45, 7) is 4.57. The molecule has 0 radical (unpaired) electrons. The summed E-state index contributed by atoms with van der Waals surface area (Å²) in [5, 5.41) is 7.49. The minimum atomic E-state index is 0.0507. The van der Waals surface area contributed by atoms with Crippen molar-refractivity contribution in [2.45, 2.75) is 32.0 Å². The number of amides is 1. The van der Waals surface area contributed by atoms with E-state index in [4.69, 9.17) is 4.74 Å². The van der Waals surface area contributed by atoms with Crippen molar-refractivity contribution in [1.29, 1.82) is 0 Å². The first-order valence-corrected chi connectivity index (χ1v) is 7.82. The van der Waals surface area contributed by atoms with E-state index >= 15 is 0 Å². The van der Waals surface area contributed by atoms with Crippen molar-refractivity contribution >= 4 is 16.8 Å². The van der Waals surface area contributed by atoms with Gasteiger partial charge in [0, 0.05) is 43.8 Å². The maximum atomic E-state index is 12.4. The summed E-state index contributed by atoms with van der Waals surface area (Å²) in [5.74, 6) is 0.0507. The predicted octanol–water partition coefficient (Wildman–Crippen LogP) is 1.31. The van der Waals surface area contributed by atoms with Crippen LogP contribution in [0, 0.1) is 0 Å². The standard InChI is InChI=1S/C17H23N3O2/c1-3-20-11-12(13-6-4-5-7-15(13)20)8-17(21)19-14-9-18-10-16(14)22-2/h4-7,11,14,16,18H,3,8-10H2,1-2H3,(H,19,21). The van der Waals surface area contributed by atoms with Crippen molar-refractivity contribution < 1.29 is 9.53 Å². The third kappa shape index (κ3) is 2.87. The van der Waals surface area contributed by atoms with Crippen LogP contribution in [-0.2, 0) is 22.5 Å². The fourth-order valence-corrected chi connectivity index (χ4v) is 3.20. The minimum absolute atomic E-state index is 0.0507. The number of nitrogens with zero attached hydrogens (tertiary/aromatic N) is 1. The predicted molar refractivity (Wildman–Crippen MR) is 86.9 cm³/mol. The second kappa shape index (κ2) is 6.50. The molecule has 3 rings (SSSR count). The Balaban J connectivity index is 1.74. The van der Waals surface area contributed by atoms with E-state index in [9.17, 15) is 4.79 Å². The number of hydrogen-bond acceptors (Lipinski definition) is 3. The number of aromatic nitrogens is 1. The summed E-state index contributed by atoms with van der Waals surface area (Å²) in [6, 6.07) is 8.29. The van der Waals surface area contributed by atoms with Gasteiger partial charge in [-0.2, -0.15) is 0 Å². The first-order chi connectivity index (χ1) is 10.7. The van der Waals surface area contributed by atoms with Crippen LogP contribution in [0.25, 0.3) is 10.9 Å². The Labute approximate surface area is 130 Å². The Morgan fingerprint density at radius 3 is 3.00 bits per heavy atom. The number of benzene rings is 1. The molecule has 0 aliphatic carbocycles. The SMILES string of the molecule is CCn1cc(CC(=O)NC2CNCC2OC)c2ccccc21. The van der Waals surface area contributed by atoms with Crippen molar-refractivity contribution in [1.82, 2.24) is 15.2 Å². The molecule has 22 heavy (non-hydrogen) atoms. The largest absolute Gasteiger partial charge is 0.378 e. The summed E-state index contributed by atoms with van der Waals surface area (Å²) in [6.07, 6.45) is 2.55. The molecule has 2 N–H and O–H groups in total. The van der Waals surface area contributed by atoms with Crippen LogP contribution in [0.5, 0.6) is 0 Å². The molecular weight excluding hydrogens is 278 g/mol. The molecule has 1 aliphatic rings. The fourth-order valence-electron chi connectivity index (χ4n) is 3.20. The molecule has 1 amide bonds. The van der Waals surface area contributed by atoms with Gasteiger partial charge in [-0.25, -0.2) is 0 Å². The van der Waals surface area contributed by atoms with Gasteiger partial charge in [-0.05, 0) is 18.6 Å². The highest BCUT2D eigenvalue weighted by atomic mass is 16.5. The molecule has 1 aromatic heterocycles. The molecule has 1 saturated heterocycles. The average Bonchev–Trinajstić information content (AvgIpc) is 3.12. The third-order valence-corrected chi connectivity index (χ3v) is 4.37. The van der Waals surface area contributed by atoms with Crippen LogP contribution < -0.4 is 10.6 Å². The number of fused-ring (bicyclic) bond motifs is 1. The molecule has 2 unspecified atom stereocenters. The molecule has 0 spiro atoms. The number of para-hydroxylation sites is 1. The van der Waals surface area contributed by atoms with Gasteiger partial charge in [0.05, 0.1) is 18.6 Å². The van der Waals surface area contributed by atoms with Crippen LogP contribution in [-0.4, -0.2) is 42.8 Å². The molecule has 5 heteroatoms. The van der Waals surface area contributed by atoms with E-state index in [-0.39, 0.29) is 18.1 Å². The number of methoxy groups -OCH3 is 1. The Bertz CT molecular complexity index is 665. The molecule has 2 atom stereocenters. The van der Waals surface area contributed by atoms with Crippen molar-refractivity contribution in [3.8, 4) is 0 Å². The number of aryl methyl sites for hydroxylation is 1. The molecule has 0 saturated carbocycles. The number of carbonyl (C=O) groups excluding carboxylic acids is 1. The van der Waals surface area contributed by atoms with E-state index in [1.165, 1.54) is 5.52 Å². The topological polar surface area (TPSA) is 55.3 Å².